The molecule has 6 nitrogen and oxygen atoms in total. The van der Waals surface area contributed by atoms with Gasteiger partial charge in [-0.2, -0.15) is 4.31 Å². The molecule has 2 rings (SSSR count). The summed E-state index contributed by atoms with van der Waals surface area (Å²) in [5.74, 6) is -0.997. The van der Waals surface area contributed by atoms with E-state index in [-0.39, 0.29) is 60.4 Å². The van der Waals surface area contributed by atoms with Crippen molar-refractivity contribution in [3.05, 3.63) is 64.4 Å². The summed E-state index contributed by atoms with van der Waals surface area (Å²) in [4.78, 5) is 11.3. The van der Waals surface area contributed by atoms with Crippen molar-refractivity contribution in [1.29, 1.82) is 0 Å². The Morgan fingerprint density at radius 1 is 1.11 bits per heavy atom. The van der Waals surface area contributed by atoms with Gasteiger partial charge in [0.2, 0.25) is 15.9 Å². The minimum atomic E-state index is -3.81. The average molecular weight is 468 g/mol. The van der Waals surface area contributed by atoms with Gasteiger partial charge in [-0.1, -0.05) is 28.1 Å². The largest absolute Gasteiger partial charge is 1.00 e. The first-order chi connectivity index (χ1) is 12.3. The molecule has 2 aromatic rings. The number of nitrogens with zero attached hydrogens (tertiary/aromatic N) is 1. The minimum absolute atomic E-state index is 0. The second-order valence-electron chi connectivity index (χ2n) is 5.56. The fraction of sp³-hybridized carbons (Fsp3) is 0.235. The van der Waals surface area contributed by atoms with Gasteiger partial charge in [0.1, 0.15) is 5.82 Å². The van der Waals surface area contributed by atoms with E-state index in [1.165, 1.54) is 46.2 Å². The topological polar surface area (TPSA) is 86.7 Å². The van der Waals surface area contributed by atoms with Crippen LogP contribution in [0.3, 0.4) is 0 Å². The molecule has 0 spiro atoms. The maximum atomic E-state index is 13.1. The van der Waals surface area contributed by atoms with E-state index in [0.717, 1.165) is 4.47 Å². The number of rotatable bonds is 8. The van der Waals surface area contributed by atoms with Crippen molar-refractivity contribution < 1.29 is 52.4 Å². The summed E-state index contributed by atoms with van der Waals surface area (Å²) in [6.07, 6.45) is 0.204. The number of carbonyl (C=O) groups is 1. The van der Waals surface area contributed by atoms with E-state index in [0.29, 0.717) is 5.56 Å². The molecule has 1 amide bonds. The number of halogens is 2. The molecule has 2 N–H and O–H groups in total. The normalized spacial score (nSPS) is 11.1. The van der Waals surface area contributed by atoms with Gasteiger partial charge in [-0.3, -0.25) is 10.0 Å². The molecule has 0 aliphatic rings. The zero-order valence-corrected chi connectivity index (χ0v) is 19.1. The van der Waals surface area contributed by atoms with E-state index < -0.39 is 21.7 Å². The molecule has 0 unspecified atom stereocenters. The van der Waals surface area contributed by atoms with Crippen LogP contribution in [0.5, 0.6) is 0 Å². The van der Waals surface area contributed by atoms with Gasteiger partial charge in [-0.25, -0.2) is 18.3 Å². The number of hydrogen-bond acceptors (Lipinski definition) is 4. The molecular formula is C17H18BrFN2NaO4S+. The van der Waals surface area contributed by atoms with Gasteiger partial charge in [-0.05, 0) is 48.4 Å². The standard InChI is InChI=1S/C17H18BrFN2O4S.Na/c18-14-5-9-16(10-6-14)26(24,25)21(11-1-2-17(22)20-23)12-13-3-7-15(19)8-4-13;/h3-10,23H,1-2,11-12H2,(H,20,22);/q;+1. The summed E-state index contributed by atoms with van der Waals surface area (Å²) >= 11 is 3.26. The van der Waals surface area contributed by atoms with Gasteiger partial charge in [-0.15, -0.1) is 0 Å². The molecule has 0 saturated carbocycles. The summed E-state index contributed by atoms with van der Waals surface area (Å²) in [6.45, 7) is 0.114. The number of sulfonamides is 1. The summed E-state index contributed by atoms with van der Waals surface area (Å²) in [6, 6.07) is 11.8. The number of amides is 1. The Hall–Kier alpha value is -0.810. The van der Waals surface area contributed by atoms with Crippen molar-refractivity contribution in [2.75, 3.05) is 6.54 Å². The van der Waals surface area contributed by atoms with Crippen LogP contribution in [-0.2, 0) is 21.4 Å². The smallest absolute Gasteiger partial charge is 0.289 e. The third kappa shape index (κ3) is 7.26. The first-order valence-electron chi connectivity index (χ1n) is 7.76. The first-order valence-corrected chi connectivity index (χ1v) is 9.99. The summed E-state index contributed by atoms with van der Waals surface area (Å²) in [5.41, 5.74) is 2.14. The number of hydrogen-bond donors (Lipinski definition) is 2. The molecule has 0 radical (unpaired) electrons. The summed E-state index contributed by atoms with van der Waals surface area (Å²) in [7, 11) is -3.81. The Morgan fingerprint density at radius 2 is 1.70 bits per heavy atom. The SMILES string of the molecule is O=C(CCCN(Cc1ccc(F)cc1)S(=O)(=O)c1ccc(Br)cc1)NO.[Na+]. The zero-order chi connectivity index (χ0) is 19.2. The molecule has 0 atom stereocenters. The Kier molecular flexibility index (Phi) is 10.1. The van der Waals surface area contributed by atoms with Crippen LogP contribution in [0.4, 0.5) is 4.39 Å². The van der Waals surface area contributed by atoms with Crippen LogP contribution in [0, 0.1) is 5.82 Å². The molecule has 0 saturated heterocycles. The maximum absolute atomic E-state index is 13.1. The van der Waals surface area contributed by atoms with E-state index in [1.807, 2.05) is 0 Å². The third-order valence-electron chi connectivity index (χ3n) is 3.66. The van der Waals surface area contributed by atoms with E-state index in [2.05, 4.69) is 15.9 Å². The van der Waals surface area contributed by atoms with Crippen molar-refractivity contribution in [1.82, 2.24) is 9.79 Å². The van der Waals surface area contributed by atoms with Crippen LogP contribution >= 0.6 is 15.9 Å². The van der Waals surface area contributed by atoms with Gasteiger partial charge >= 0.3 is 29.6 Å². The molecule has 2 aromatic carbocycles. The Morgan fingerprint density at radius 3 is 2.26 bits per heavy atom. The predicted octanol–water partition coefficient (Wildman–Crippen LogP) is 0.0687. The molecule has 0 aliphatic carbocycles. The predicted molar refractivity (Wildman–Crippen MR) is 97.3 cm³/mol. The quantitative estimate of drug-likeness (QED) is 0.326. The van der Waals surface area contributed by atoms with Crippen LogP contribution in [0.2, 0.25) is 0 Å². The molecular weight excluding hydrogens is 450 g/mol. The van der Waals surface area contributed by atoms with Crippen molar-refractivity contribution >= 4 is 31.9 Å². The monoisotopic (exact) mass is 467 g/mol. The molecule has 0 aliphatic heterocycles. The van der Waals surface area contributed by atoms with E-state index >= 15 is 0 Å². The number of benzene rings is 2. The van der Waals surface area contributed by atoms with Gasteiger partial charge in [0.15, 0.2) is 0 Å². The Balaban J connectivity index is 0.00000364. The maximum Gasteiger partial charge on any atom is 1.00 e. The number of nitrogens with one attached hydrogen (secondary N) is 1. The van der Waals surface area contributed by atoms with Crippen molar-refractivity contribution in [3.8, 4) is 0 Å². The van der Waals surface area contributed by atoms with Crippen LogP contribution in [0.1, 0.15) is 18.4 Å². The van der Waals surface area contributed by atoms with E-state index in [1.54, 1.807) is 12.1 Å². The molecule has 27 heavy (non-hydrogen) atoms. The van der Waals surface area contributed by atoms with Crippen LogP contribution < -0.4 is 35.0 Å². The van der Waals surface area contributed by atoms with Gasteiger partial charge in [0.25, 0.3) is 0 Å². The Labute approximate surface area is 188 Å². The van der Waals surface area contributed by atoms with Crippen LogP contribution in [0.15, 0.2) is 57.9 Å². The Bertz CT molecular complexity index is 848. The summed E-state index contributed by atoms with van der Waals surface area (Å²) < 4.78 is 41.0. The van der Waals surface area contributed by atoms with Gasteiger partial charge in [0, 0.05) is 24.0 Å². The summed E-state index contributed by atoms with van der Waals surface area (Å²) in [5, 5.41) is 8.55. The number of carbonyl (C=O) groups excluding carboxylic acids is 1. The molecule has 0 heterocycles. The fourth-order valence-corrected chi connectivity index (χ4v) is 4.04. The van der Waals surface area contributed by atoms with E-state index in [9.17, 15) is 17.6 Å². The molecule has 0 bridgehead atoms. The van der Waals surface area contributed by atoms with Crippen molar-refractivity contribution in [2.45, 2.75) is 24.3 Å². The van der Waals surface area contributed by atoms with Crippen molar-refractivity contribution in [3.63, 3.8) is 0 Å². The van der Waals surface area contributed by atoms with Crippen LogP contribution in [0.25, 0.3) is 0 Å². The van der Waals surface area contributed by atoms with Gasteiger partial charge < -0.3 is 0 Å². The minimum Gasteiger partial charge on any atom is -0.289 e. The van der Waals surface area contributed by atoms with Crippen LogP contribution in [-0.4, -0.2) is 30.4 Å². The average Bonchev–Trinajstić information content (AvgIpc) is 2.62. The zero-order valence-electron chi connectivity index (χ0n) is 14.7. The molecule has 140 valence electrons. The second-order valence-corrected chi connectivity index (χ2v) is 8.41. The van der Waals surface area contributed by atoms with Crippen molar-refractivity contribution in [2.24, 2.45) is 0 Å². The third-order valence-corrected chi connectivity index (χ3v) is 6.05. The molecule has 10 heteroatoms. The van der Waals surface area contributed by atoms with Gasteiger partial charge in [0.05, 0.1) is 4.90 Å². The fourth-order valence-electron chi connectivity index (χ4n) is 2.31. The first kappa shape index (κ1) is 24.2. The van der Waals surface area contributed by atoms with E-state index in [4.69, 9.17) is 5.21 Å². The second kappa shape index (κ2) is 11.3. The number of hydroxylamine groups is 1. The molecule has 0 aromatic heterocycles. The molecule has 0 fully saturated rings.